The second-order valence-electron chi connectivity index (χ2n) is 5.09. The molecule has 0 atom stereocenters. The first kappa shape index (κ1) is 14.0. The molecule has 2 N–H and O–H groups in total. The number of rotatable bonds is 3. The molecular formula is C17H13N6O+. The SMILES string of the molecule is O=C(Nc1ccncn1)c1[nH]c(-c2cccnc2)[n+]2ccccc12. The highest BCUT2D eigenvalue weighted by Gasteiger charge is 2.25. The molecule has 0 fully saturated rings. The van der Waals surface area contributed by atoms with Gasteiger partial charge in [-0.3, -0.25) is 9.78 Å². The average molecular weight is 317 g/mol. The van der Waals surface area contributed by atoms with Crippen LogP contribution in [0.3, 0.4) is 0 Å². The van der Waals surface area contributed by atoms with Gasteiger partial charge in [0.2, 0.25) is 5.69 Å². The molecule has 116 valence electrons. The number of aromatic nitrogens is 5. The third-order valence-electron chi connectivity index (χ3n) is 3.59. The number of hydrogen-bond acceptors (Lipinski definition) is 4. The van der Waals surface area contributed by atoms with Crippen LogP contribution in [0.2, 0.25) is 0 Å². The summed E-state index contributed by atoms with van der Waals surface area (Å²) in [5.41, 5.74) is 2.11. The van der Waals surface area contributed by atoms with Crippen molar-refractivity contribution < 1.29 is 9.20 Å². The zero-order valence-electron chi connectivity index (χ0n) is 12.5. The Morgan fingerprint density at radius 2 is 2.04 bits per heavy atom. The van der Waals surface area contributed by atoms with E-state index in [1.807, 2.05) is 40.9 Å². The first-order valence-electron chi connectivity index (χ1n) is 7.33. The number of aromatic amines is 1. The standard InChI is InChI=1S/C17H12N6O/c24-17(21-14-6-8-19-11-20-14)15-13-5-1-2-9-23(13)16(22-15)12-4-3-7-18-10-12/h1-11H,(H,19,20,21,24)/p+1. The van der Waals surface area contributed by atoms with Crippen molar-refractivity contribution in [2.24, 2.45) is 0 Å². The first-order valence-corrected chi connectivity index (χ1v) is 7.33. The van der Waals surface area contributed by atoms with E-state index in [9.17, 15) is 4.79 Å². The van der Waals surface area contributed by atoms with Crippen molar-refractivity contribution in [2.45, 2.75) is 0 Å². The predicted octanol–water partition coefficient (Wildman–Crippen LogP) is 1.86. The summed E-state index contributed by atoms with van der Waals surface area (Å²) in [4.78, 5) is 27.8. The van der Waals surface area contributed by atoms with Gasteiger partial charge in [-0.1, -0.05) is 6.07 Å². The summed E-state index contributed by atoms with van der Waals surface area (Å²) < 4.78 is 1.92. The van der Waals surface area contributed by atoms with Gasteiger partial charge in [0.25, 0.3) is 5.82 Å². The molecule has 0 unspecified atom stereocenters. The normalized spacial score (nSPS) is 10.7. The lowest BCUT2D eigenvalue weighted by Crippen LogP contribution is -2.22. The number of fused-ring (bicyclic) bond motifs is 1. The number of pyridine rings is 2. The Morgan fingerprint density at radius 3 is 2.83 bits per heavy atom. The van der Waals surface area contributed by atoms with Crippen molar-refractivity contribution in [2.75, 3.05) is 5.32 Å². The van der Waals surface area contributed by atoms with Crippen LogP contribution in [0.15, 0.2) is 67.5 Å². The second kappa shape index (κ2) is 5.88. The number of nitrogens with one attached hydrogen (secondary N) is 2. The van der Waals surface area contributed by atoms with Crippen LogP contribution in [0, 0.1) is 0 Å². The van der Waals surface area contributed by atoms with Gasteiger partial charge in [-0.2, -0.15) is 4.40 Å². The summed E-state index contributed by atoms with van der Waals surface area (Å²) in [5, 5.41) is 2.76. The van der Waals surface area contributed by atoms with Gasteiger partial charge in [0.15, 0.2) is 5.52 Å². The van der Waals surface area contributed by atoms with Gasteiger partial charge in [-0.25, -0.2) is 15.0 Å². The number of carbonyl (C=O) groups is 1. The Balaban J connectivity index is 1.80. The Labute approximate surface area is 137 Å². The molecule has 24 heavy (non-hydrogen) atoms. The van der Waals surface area contributed by atoms with Gasteiger partial charge in [0.05, 0.1) is 11.8 Å². The average Bonchev–Trinajstić information content (AvgIpc) is 3.03. The Hall–Kier alpha value is -3.61. The molecule has 7 nitrogen and oxygen atoms in total. The second-order valence-corrected chi connectivity index (χ2v) is 5.09. The molecule has 4 rings (SSSR count). The lowest BCUT2D eigenvalue weighted by atomic mass is 10.3. The molecule has 0 saturated heterocycles. The van der Waals surface area contributed by atoms with Crippen LogP contribution in [-0.2, 0) is 0 Å². The first-order chi connectivity index (χ1) is 11.8. The van der Waals surface area contributed by atoms with E-state index in [4.69, 9.17) is 0 Å². The number of nitrogens with zero attached hydrogens (tertiary/aromatic N) is 4. The van der Waals surface area contributed by atoms with E-state index in [2.05, 4.69) is 25.3 Å². The molecule has 4 aromatic rings. The highest BCUT2D eigenvalue weighted by Crippen LogP contribution is 2.17. The number of carbonyl (C=O) groups excluding carboxylic acids is 1. The van der Waals surface area contributed by atoms with Crippen LogP contribution in [0.4, 0.5) is 5.82 Å². The van der Waals surface area contributed by atoms with E-state index >= 15 is 0 Å². The summed E-state index contributed by atoms with van der Waals surface area (Å²) in [6.45, 7) is 0. The summed E-state index contributed by atoms with van der Waals surface area (Å²) >= 11 is 0. The van der Waals surface area contributed by atoms with Crippen LogP contribution < -0.4 is 9.72 Å². The summed E-state index contributed by atoms with van der Waals surface area (Å²) in [7, 11) is 0. The number of anilines is 1. The molecule has 0 saturated carbocycles. The summed E-state index contributed by atoms with van der Waals surface area (Å²) in [5.74, 6) is 0.959. The summed E-state index contributed by atoms with van der Waals surface area (Å²) in [6.07, 6.45) is 8.32. The fourth-order valence-corrected chi connectivity index (χ4v) is 2.52. The van der Waals surface area contributed by atoms with Crippen molar-refractivity contribution in [3.05, 3.63) is 73.2 Å². The fourth-order valence-electron chi connectivity index (χ4n) is 2.52. The van der Waals surface area contributed by atoms with Gasteiger partial charge in [0.1, 0.15) is 12.1 Å². The maximum Gasteiger partial charge on any atom is 0.301 e. The largest absolute Gasteiger partial charge is 0.303 e. The van der Waals surface area contributed by atoms with Crippen LogP contribution in [0.5, 0.6) is 0 Å². The molecule has 0 aliphatic rings. The predicted molar refractivity (Wildman–Crippen MR) is 87.2 cm³/mol. The minimum atomic E-state index is -0.271. The molecule has 4 aromatic heterocycles. The summed E-state index contributed by atoms with van der Waals surface area (Å²) in [6, 6.07) is 11.1. The van der Waals surface area contributed by atoms with Gasteiger partial charge in [-0.05, 0) is 30.3 Å². The fraction of sp³-hybridized carbons (Fsp3) is 0. The van der Waals surface area contributed by atoms with E-state index in [0.717, 1.165) is 16.9 Å². The van der Waals surface area contributed by atoms with Crippen molar-refractivity contribution in [3.8, 4) is 11.4 Å². The van der Waals surface area contributed by atoms with E-state index in [-0.39, 0.29) is 5.91 Å². The van der Waals surface area contributed by atoms with Crippen molar-refractivity contribution in [3.63, 3.8) is 0 Å². The van der Waals surface area contributed by atoms with E-state index in [0.29, 0.717) is 11.5 Å². The van der Waals surface area contributed by atoms with Crippen LogP contribution in [-0.4, -0.2) is 25.8 Å². The van der Waals surface area contributed by atoms with Gasteiger partial charge in [-0.15, -0.1) is 0 Å². The third-order valence-corrected chi connectivity index (χ3v) is 3.59. The molecule has 0 aliphatic carbocycles. The Bertz CT molecular complexity index is 997. The topological polar surface area (TPSA) is 87.7 Å². The molecule has 0 aliphatic heterocycles. The van der Waals surface area contributed by atoms with E-state index in [1.165, 1.54) is 6.33 Å². The molecule has 0 aromatic carbocycles. The Kier molecular flexibility index (Phi) is 3.43. The molecule has 0 spiro atoms. The molecule has 0 radical (unpaired) electrons. The zero-order valence-corrected chi connectivity index (χ0v) is 12.5. The number of H-pyrrole nitrogens is 1. The minimum absolute atomic E-state index is 0.271. The number of amides is 1. The highest BCUT2D eigenvalue weighted by atomic mass is 16.2. The molecule has 7 heteroatoms. The Morgan fingerprint density at radius 1 is 1.08 bits per heavy atom. The zero-order chi connectivity index (χ0) is 16.4. The lowest BCUT2D eigenvalue weighted by Gasteiger charge is -1.99. The van der Waals surface area contributed by atoms with Crippen molar-refractivity contribution in [1.82, 2.24) is 19.9 Å². The van der Waals surface area contributed by atoms with Crippen LogP contribution in [0.25, 0.3) is 16.9 Å². The van der Waals surface area contributed by atoms with E-state index < -0.39 is 0 Å². The van der Waals surface area contributed by atoms with Crippen LogP contribution >= 0.6 is 0 Å². The lowest BCUT2D eigenvalue weighted by molar-refractivity contribution is -0.498. The highest BCUT2D eigenvalue weighted by molar-refractivity contribution is 6.06. The van der Waals surface area contributed by atoms with Crippen LogP contribution in [0.1, 0.15) is 10.5 Å². The third kappa shape index (κ3) is 2.48. The maximum atomic E-state index is 12.6. The molecule has 4 heterocycles. The molecular weight excluding hydrogens is 304 g/mol. The van der Waals surface area contributed by atoms with E-state index in [1.54, 1.807) is 24.7 Å². The van der Waals surface area contributed by atoms with Crippen molar-refractivity contribution in [1.29, 1.82) is 0 Å². The smallest absolute Gasteiger partial charge is 0.301 e. The van der Waals surface area contributed by atoms with Gasteiger partial charge >= 0.3 is 5.91 Å². The van der Waals surface area contributed by atoms with Gasteiger partial charge in [0, 0.05) is 18.6 Å². The van der Waals surface area contributed by atoms with Crippen molar-refractivity contribution >= 4 is 17.2 Å². The molecule has 0 bridgehead atoms. The number of hydrogen-bond donors (Lipinski definition) is 2. The molecule has 1 amide bonds. The monoisotopic (exact) mass is 317 g/mol. The quantitative estimate of drug-likeness (QED) is 0.565. The maximum absolute atomic E-state index is 12.6. The minimum Gasteiger partial charge on any atom is -0.303 e. The van der Waals surface area contributed by atoms with Gasteiger partial charge < -0.3 is 5.32 Å². The number of imidazole rings is 1.